The zero-order chi connectivity index (χ0) is 24.0. The number of thioether (sulfide) groups is 1. The molecular formula is C24H21ClN2O5S. The Bertz CT molecular complexity index is 1180. The third-order valence-corrected chi connectivity index (χ3v) is 5.96. The number of carboxylic acid groups (broad SMARTS) is 1. The van der Waals surface area contributed by atoms with Crippen molar-refractivity contribution in [3.8, 4) is 5.75 Å². The molecule has 1 atom stereocenters. The van der Waals surface area contributed by atoms with Crippen molar-refractivity contribution >= 4 is 52.5 Å². The molecule has 2 amide bonds. The average molecular weight is 485 g/mol. The Hall–Kier alpha value is -3.49. The minimum Gasteiger partial charge on any atom is -0.495 e. The highest BCUT2D eigenvalue weighted by Crippen LogP contribution is 2.30. The normalized spacial score (nSPS) is 11.4. The average Bonchev–Trinajstić information content (AvgIpc) is 2.80. The van der Waals surface area contributed by atoms with Crippen LogP contribution in [0.1, 0.15) is 27.6 Å². The second-order valence-electron chi connectivity index (χ2n) is 6.92. The van der Waals surface area contributed by atoms with Crippen LogP contribution in [-0.4, -0.2) is 35.2 Å². The number of hydrogen-bond donors (Lipinski definition) is 3. The van der Waals surface area contributed by atoms with Crippen LogP contribution in [-0.2, 0) is 4.79 Å². The van der Waals surface area contributed by atoms with E-state index in [-0.39, 0.29) is 17.0 Å². The van der Waals surface area contributed by atoms with Gasteiger partial charge in [-0.2, -0.15) is 0 Å². The quantitative estimate of drug-likeness (QED) is 0.369. The number of rotatable bonds is 8. The zero-order valence-electron chi connectivity index (χ0n) is 17.8. The largest absolute Gasteiger partial charge is 0.495 e. The van der Waals surface area contributed by atoms with Gasteiger partial charge in [-0.05, 0) is 61.5 Å². The molecule has 0 fully saturated rings. The van der Waals surface area contributed by atoms with Gasteiger partial charge in [0, 0.05) is 15.6 Å². The van der Waals surface area contributed by atoms with Gasteiger partial charge in [-0.3, -0.25) is 9.59 Å². The van der Waals surface area contributed by atoms with Gasteiger partial charge < -0.3 is 20.5 Å². The second kappa shape index (κ2) is 10.9. The van der Waals surface area contributed by atoms with Crippen LogP contribution in [0.5, 0.6) is 5.75 Å². The number of anilines is 2. The number of aromatic carboxylic acids is 1. The molecular weight excluding hydrogens is 464 g/mol. The molecule has 0 saturated carbocycles. The fraction of sp³-hybridized carbons (Fsp3) is 0.125. The van der Waals surface area contributed by atoms with Gasteiger partial charge in [-0.1, -0.05) is 23.7 Å². The summed E-state index contributed by atoms with van der Waals surface area (Å²) in [7, 11) is 1.51. The number of halogens is 1. The maximum absolute atomic E-state index is 12.6. The summed E-state index contributed by atoms with van der Waals surface area (Å²) in [6.07, 6.45) is 0. The van der Waals surface area contributed by atoms with E-state index >= 15 is 0 Å². The Labute approximate surface area is 200 Å². The standard InChI is InChI=1S/C24H21ClN2O5S/c1-14(22(28)27-20-13-15(25)7-12-21(20)32-2)33-17-10-8-16(9-11-17)26-23(29)18-5-3-4-6-19(18)24(30)31/h3-14H,1-2H3,(H,26,29)(H,27,28)(H,30,31). The Balaban J connectivity index is 1.62. The van der Waals surface area contributed by atoms with E-state index in [4.69, 9.17) is 16.3 Å². The fourth-order valence-corrected chi connectivity index (χ4v) is 3.99. The third kappa shape index (κ3) is 6.27. The topological polar surface area (TPSA) is 105 Å². The van der Waals surface area contributed by atoms with E-state index in [9.17, 15) is 19.5 Å². The summed E-state index contributed by atoms with van der Waals surface area (Å²) in [4.78, 5) is 37.2. The summed E-state index contributed by atoms with van der Waals surface area (Å²) in [5.74, 6) is -1.40. The van der Waals surface area contributed by atoms with E-state index in [1.54, 1.807) is 61.5 Å². The lowest BCUT2D eigenvalue weighted by molar-refractivity contribution is -0.115. The van der Waals surface area contributed by atoms with Gasteiger partial charge in [-0.15, -0.1) is 11.8 Å². The maximum Gasteiger partial charge on any atom is 0.336 e. The van der Waals surface area contributed by atoms with Crippen LogP contribution in [0.3, 0.4) is 0 Å². The summed E-state index contributed by atoms with van der Waals surface area (Å²) < 4.78 is 5.25. The van der Waals surface area contributed by atoms with E-state index in [1.807, 2.05) is 0 Å². The Kier molecular flexibility index (Phi) is 7.97. The van der Waals surface area contributed by atoms with Gasteiger partial charge in [0.2, 0.25) is 5.91 Å². The van der Waals surface area contributed by atoms with Crippen LogP contribution in [0, 0.1) is 0 Å². The molecule has 0 spiro atoms. The first-order valence-corrected chi connectivity index (χ1v) is 11.1. The van der Waals surface area contributed by atoms with Gasteiger partial charge in [-0.25, -0.2) is 4.79 Å². The molecule has 9 heteroatoms. The fourth-order valence-electron chi connectivity index (χ4n) is 2.95. The second-order valence-corrected chi connectivity index (χ2v) is 8.77. The lowest BCUT2D eigenvalue weighted by Crippen LogP contribution is -2.22. The van der Waals surface area contributed by atoms with Crippen LogP contribution >= 0.6 is 23.4 Å². The van der Waals surface area contributed by atoms with Gasteiger partial charge in [0.05, 0.1) is 29.2 Å². The number of amides is 2. The Morgan fingerprint density at radius 1 is 0.970 bits per heavy atom. The number of benzene rings is 3. The number of methoxy groups -OCH3 is 1. The van der Waals surface area contributed by atoms with E-state index < -0.39 is 17.1 Å². The summed E-state index contributed by atoms with van der Waals surface area (Å²) in [6.45, 7) is 1.77. The molecule has 3 rings (SSSR count). The molecule has 170 valence electrons. The van der Waals surface area contributed by atoms with Gasteiger partial charge in [0.25, 0.3) is 5.91 Å². The molecule has 0 radical (unpaired) electrons. The summed E-state index contributed by atoms with van der Waals surface area (Å²) in [6, 6.07) is 17.9. The van der Waals surface area contributed by atoms with Crippen LogP contribution in [0.25, 0.3) is 0 Å². The van der Waals surface area contributed by atoms with Crippen molar-refractivity contribution in [1.82, 2.24) is 0 Å². The molecule has 3 aromatic rings. The van der Waals surface area contributed by atoms with Crippen molar-refractivity contribution in [1.29, 1.82) is 0 Å². The first-order chi connectivity index (χ1) is 15.8. The molecule has 0 aliphatic heterocycles. The van der Waals surface area contributed by atoms with Gasteiger partial charge in [0.1, 0.15) is 5.75 Å². The molecule has 0 aliphatic rings. The SMILES string of the molecule is COc1ccc(Cl)cc1NC(=O)C(C)Sc1ccc(NC(=O)c2ccccc2C(=O)O)cc1. The van der Waals surface area contributed by atoms with Crippen molar-refractivity contribution in [3.63, 3.8) is 0 Å². The minimum atomic E-state index is -1.17. The monoisotopic (exact) mass is 484 g/mol. The van der Waals surface area contributed by atoms with Gasteiger partial charge >= 0.3 is 5.97 Å². The van der Waals surface area contributed by atoms with Crippen molar-refractivity contribution < 1.29 is 24.2 Å². The van der Waals surface area contributed by atoms with Gasteiger partial charge in [0.15, 0.2) is 0 Å². The number of hydrogen-bond acceptors (Lipinski definition) is 5. The van der Waals surface area contributed by atoms with Crippen LogP contribution < -0.4 is 15.4 Å². The first kappa shape index (κ1) is 24.2. The highest BCUT2D eigenvalue weighted by atomic mass is 35.5. The van der Waals surface area contributed by atoms with Crippen molar-refractivity contribution in [2.75, 3.05) is 17.7 Å². The predicted molar refractivity (Wildman–Crippen MR) is 130 cm³/mol. The molecule has 7 nitrogen and oxygen atoms in total. The van der Waals surface area contributed by atoms with Crippen LogP contribution in [0.4, 0.5) is 11.4 Å². The number of carboxylic acids is 1. The molecule has 3 N–H and O–H groups in total. The third-order valence-electron chi connectivity index (χ3n) is 4.62. The molecule has 1 unspecified atom stereocenters. The van der Waals surface area contributed by atoms with Crippen molar-refractivity contribution in [2.45, 2.75) is 17.1 Å². The number of carbonyl (C=O) groups is 3. The highest BCUT2D eigenvalue weighted by molar-refractivity contribution is 8.00. The molecule has 0 bridgehead atoms. The van der Waals surface area contributed by atoms with Crippen molar-refractivity contribution in [2.24, 2.45) is 0 Å². The number of ether oxygens (including phenoxy) is 1. The van der Waals surface area contributed by atoms with E-state index in [2.05, 4.69) is 10.6 Å². The van der Waals surface area contributed by atoms with Crippen LogP contribution in [0.15, 0.2) is 71.6 Å². The maximum atomic E-state index is 12.6. The predicted octanol–water partition coefficient (Wildman–Crippen LogP) is 5.42. The van der Waals surface area contributed by atoms with E-state index in [0.717, 1.165) is 4.90 Å². The first-order valence-electron chi connectivity index (χ1n) is 9.83. The zero-order valence-corrected chi connectivity index (χ0v) is 19.4. The summed E-state index contributed by atoms with van der Waals surface area (Å²) >= 11 is 7.35. The molecule has 0 saturated heterocycles. The highest BCUT2D eigenvalue weighted by Gasteiger charge is 2.18. The number of carbonyl (C=O) groups excluding carboxylic acids is 2. The van der Waals surface area contributed by atoms with E-state index in [1.165, 1.54) is 31.0 Å². The molecule has 0 aromatic heterocycles. The Morgan fingerprint density at radius 3 is 2.27 bits per heavy atom. The molecule has 0 aliphatic carbocycles. The summed E-state index contributed by atoms with van der Waals surface area (Å²) in [5.41, 5.74) is 0.996. The molecule has 33 heavy (non-hydrogen) atoms. The van der Waals surface area contributed by atoms with Crippen molar-refractivity contribution in [3.05, 3.63) is 82.9 Å². The lowest BCUT2D eigenvalue weighted by atomic mass is 10.1. The summed E-state index contributed by atoms with van der Waals surface area (Å²) in [5, 5.41) is 14.8. The smallest absolute Gasteiger partial charge is 0.336 e. The Morgan fingerprint density at radius 2 is 1.64 bits per heavy atom. The molecule has 0 heterocycles. The molecule has 3 aromatic carbocycles. The van der Waals surface area contributed by atoms with Crippen LogP contribution in [0.2, 0.25) is 5.02 Å². The van der Waals surface area contributed by atoms with E-state index in [0.29, 0.717) is 22.1 Å². The lowest BCUT2D eigenvalue weighted by Gasteiger charge is -2.15. The number of nitrogens with one attached hydrogen (secondary N) is 2. The minimum absolute atomic E-state index is 0.0710.